The average Bonchev–Trinajstić information content (AvgIpc) is 2.64. The Morgan fingerprint density at radius 1 is 1.33 bits per heavy atom. The van der Waals surface area contributed by atoms with Crippen molar-refractivity contribution in [2.24, 2.45) is 0 Å². The molecule has 1 aliphatic heterocycles. The van der Waals surface area contributed by atoms with Crippen LogP contribution in [-0.2, 0) is 38.0 Å². The van der Waals surface area contributed by atoms with E-state index in [2.05, 4.69) is 0 Å². The minimum atomic E-state index is -3.62. The second-order valence-electron chi connectivity index (χ2n) is 5.14. The average molecular weight is 326 g/mol. The topological polar surface area (TPSA) is 97.4 Å². The van der Waals surface area contributed by atoms with Gasteiger partial charge in [0.25, 0.3) is 10.1 Å². The minimum absolute atomic E-state index is 0.0636. The highest BCUT2D eigenvalue weighted by Gasteiger charge is 2.45. The van der Waals surface area contributed by atoms with E-state index in [1.807, 2.05) is 0 Å². The SMILES string of the molecule is COCO[C@H](COS(C)(=O)=O)[C@H]1OC(C)(C)O[C@H]1CC=O. The highest BCUT2D eigenvalue weighted by Crippen LogP contribution is 2.32. The monoisotopic (exact) mass is 326 g/mol. The standard InChI is InChI=1S/C12H22O8S/c1-12(2)19-9(5-6-13)11(20-12)10(17-8-16-3)7-18-21(4,14)15/h6,9-11H,5,7-8H2,1-4H3/t9-,10+,11-/m0/s1. The van der Waals surface area contributed by atoms with E-state index in [0.29, 0.717) is 6.29 Å². The molecule has 0 aliphatic carbocycles. The fourth-order valence-electron chi connectivity index (χ4n) is 2.04. The zero-order valence-electron chi connectivity index (χ0n) is 12.6. The summed E-state index contributed by atoms with van der Waals surface area (Å²) in [5, 5.41) is 0. The Kier molecular flexibility index (Phi) is 6.70. The zero-order chi connectivity index (χ0) is 16.1. The maximum absolute atomic E-state index is 11.1. The summed E-state index contributed by atoms with van der Waals surface area (Å²) in [6, 6.07) is 0. The fraction of sp³-hybridized carbons (Fsp3) is 0.917. The number of carbonyl (C=O) groups is 1. The summed E-state index contributed by atoms with van der Waals surface area (Å²) in [6.07, 6.45) is -0.150. The zero-order valence-corrected chi connectivity index (χ0v) is 13.4. The lowest BCUT2D eigenvalue weighted by molar-refractivity contribution is -0.173. The van der Waals surface area contributed by atoms with Gasteiger partial charge in [-0.15, -0.1) is 0 Å². The van der Waals surface area contributed by atoms with Crippen molar-refractivity contribution in [3.05, 3.63) is 0 Å². The Balaban J connectivity index is 2.80. The van der Waals surface area contributed by atoms with E-state index in [0.717, 1.165) is 6.26 Å². The molecular formula is C12H22O8S. The minimum Gasteiger partial charge on any atom is -0.359 e. The number of hydrogen-bond acceptors (Lipinski definition) is 8. The Morgan fingerprint density at radius 2 is 2.00 bits per heavy atom. The van der Waals surface area contributed by atoms with Gasteiger partial charge in [0.15, 0.2) is 5.79 Å². The number of rotatable bonds is 9. The quantitative estimate of drug-likeness (QED) is 0.333. The first kappa shape index (κ1) is 18.5. The van der Waals surface area contributed by atoms with Crippen LogP contribution in [0.15, 0.2) is 0 Å². The molecule has 0 aromatic carbocycles. The van der Waals surface area contributed by atoms with Crippen molar-refractivity contribution in [1.29, 1.82) is 0 Å². The fourth-order valence-corrected chi connectivity index (χ4v) is 2.42. The first-order chi connectivity index (χ1) is 9.68. The van der Waals surface area contributed by atoms with Gasteiger partial charge in [-0.25, -0.2) is 0 Å². The lowest BCUT2D eigenvalue weighted by atomic mass is 10.1. The first-order valence-corrected chi connectivity index (χ1v) is 8.24. The smallest absolute Gasteiger partial charge is 0.264 e. The van der Waals surface area contributed by atoms with Crippen molar-refractivity contribution in [2.75, 3.05) is 26.8 Å². The van der Waals surface area contributed by atoms with Crippen LogP contribution in [0.5, 0.6) is 0 Å². The van der Waals surface area contributed by atoms with Gasteiger partial charge in [-0.2, -0.15) is 8.42 Å². The van der Waals surface area contributed by atoms with Gasteiger partial charge in [0.1, 0.15) is 25.3 Å². The van der Waals surface area contributed by atoms with Gasteiger partial charge in [0.2, 0.25) is 0 Å². The molecule has 3 atom stereocenters. The molecule has 0 bridgehead atoms. The molecule has 1 fully saturated rings. The molecule has 0 spiro atoms. The predicted octanol–water partition coefficient (Wildman–Crippen LogP) is 0.0608. The number of methoxy groups -OCH3 is 1. The van der Waals surface area contributed by atoms with E-state index in [9.17, 15) is 13.2 Å². The Labute approximate surface area is 124 Å². The third-order valence-electron chi connectivity index (χ3n) is 2.76. The van der Waals surface area contributed by atoms with Gasteiger partial charge in [-0.3, -0.25) is 4.18 Å². The van der Waals surface area contributed by atoms with Gasteiger partial charge >= 0.3 is 0 Å². The van der Waals surface area contributed by atoms with Crippen LogP contribution in [0.3, 0.4) is 0 Å². The van der Waals surface area contributed by atoms with Gasteiger partial charge in [-0.05, 0) is 13.8 Å². The largest absolute Gasteiger partial charge is 0.359 e. The molecule has 9 heteroatoms. The van der Waals surface area contributed by atoms with Crippen LogP contribution in [0.25, 0.3) is 0 Å². The molecule has 1 heterocycles. The van der Waals surface area contributed by atoms with Crippen molar-refractivity contribution < 1.29 is 36.3 Å². The van der Waals surface area contributed by atoms with E-state index in [-0.39, 0.29) is 19.8 Å². The number of hydrogen-bond donors (Lipinski definition) is 0. The van der Waals surface area contributed by atoms with E-state index in [1.165, 1.54) is 7.11 Å². The van der Waals surface area contributed by atoms with Gasteiger partial charge in [0, 0.05) is 13.5 Å². The van der Waals surface area contributed by atoms with Gasteiger partial charge in [0.05, 0.1) is 19.0 Å². The van der Waals surface area contributed by atoms with E-state index in [4.69, 9.17) is 23.1 Å². The van der Waals surface area contributed by atoms with Gasteiger partial charge < -0.3 is 23.7 Å². The molecule has 1 rings (SSSR count). The van der Waals surface area contributed by atoms with Crippen molar-refractivity contribution in [2.45, 2.75) is 44.4 Å². The molecule has 21 heavy (non-hydrogen) atoms. The maximum Gasteiger partial charge on any atom is 0.264 e. The summed E-state index contributed by atoms with van der Waals surface area (Å²) >= 11 is 0. The predicted molar refractivity (Wildman–Crippen MR) is 72.1 cm³/mol. The summed E-state index contributed by atoms with van der Waals surface area (Å²) in [4.78, 5) is 10.7. The van der Waals surface area contributed by atoms with Crippen molar-refractivity contribution >= 4 is 16.4 Å². The Morgan fingerprint density at radius 3 is 2.52 bits per heavy atom. The van der Waals surface area contributed by atoms with Crippen molar-refractivity contribution in [3.8, 4) is 0 Å². The molecule has 0 N–H and O–H groups in total. The second kappa shape index (κ2) is 7.61. The molecule has 8 nitrogen and oxygen atoms in total. The number of carbonyl (C=O) groups excluding carboxylic acids is 1. The third kappa shape index (κ3) is 6.37. The van der Waals surface area contributed by atoms with E-state index >= 15 is 0 Å². The molecule has 0 radical (unpaired) electrons. The van der Waals surface area contributed by atoms with Crippen molar-refractivity contribution in [3.63, 3.8) is 0 Å². The van der Waals surface area contributed by atoms with Crippen LogP contribution >= 0.6 is 0 Å². The highest BCUT2D eigenvalue weighted by atomic mass is 32.2. The normalized spacial score (nSPS) is 26.7. The van der Waals surface area contributed by atoms with Crippen LogP contribution in [0.4, 0.5) is 0 Å². The third-order valence-corrected chi connectivity index (χ3v) is 3.33. The summed E-state index contributed by atoms with van der Waals surface area (Å²) in [7, 11) is -2.18. The van der Waals surface area contributed by atoms with E-state index < -0.39 is 34.2 Å². The van der Waals surface area contributed by atoms with Crippen LogP contribution < -0.4 is 0 Å². The lowest BCUT2D eigenvalue weighted by Gasteiger charge is -2.25. The maximum atomic E-state index is 11.1. The molecule has 0 aromatic rings. The lowest BCUT2D eigenvalue weighted by Crippen LogP contribution is -2.41. The molecule has 124 valence electrons. The highest BCUT2D eigenvalue weighted by molar-refractivity contribution is 7.85. The molecular weight excluding hydrogens is 304 g/mol. The molecule has 0 unspecified atom stereocenters. The summed E-state index contributed by atoms with van der Waals surface area (Å²) in [5.74, 6) is -0.891. The molecule has 1 aliphatic rings. The molecule has 0 amide bonds. The van der Waals surface area contributed by atoms with Crippen LogP contribution in [0.1, 0.15) is 20.3 Å². The summed E-state index contributed by atoms with van der Waals surface area (Å²) in [6.45, 7) is 3.10. The van der Waals surface area contributed by atoms with E-state index in [1.54, 1.807) is 13.8 Å². The Bertz CT molecular complexity index is 433. The van der Waals surface area contributed by atoms with Crippen LogP contribution in [-0.4, -0.2) is 65.6 Å². The summed E-state index contributed by atoms with van der Waals surface area (Å²) in [5.41, 5.74) is 0. The van der Waals surface area contributed by atoms with Crippen molar-refractivity contribution in [1.82, 2.24) is 0 Å². The van der Waals surface area contributed by atoms with Crippen LogP contribution in [0, 0.1) is 0 Å². The summed E-state index contributed by atoms with van der Waals surface area (Å²) < 4.78 is 48.5. The van der Waals surface area contributed by atoms with Gasteiger partial charge in [-0.1, -0.05) is 0 Å². The van der Waals surface area contributed by atoms with Crippen LogP contribution in [0.2, 0.25) is 0 Å². The molecule has 0 saturated carbocycles. The number of aldehydes is 1. The number of ether oxygens (including phenoxy) is 4. The second-order valence-corrected chi connectivity index (χ2v) is 6.79. The molecule has 1 saturated heterocycles. The molecule has 0 aromatic heterocycles. The Hall–Kier alpha value is -0.580. The first-order valence-electron chi connectivity index (χ1n) is 6.42.